The Bertz CT molecular complexity index is 363. The molecule has 80 valence electrons. The Morgan fingerprint density at radius 2 is 2.47 bits per heavy atom. The highest BCUT2D eigenvalue weighted by molar-refractivity contribution is 6.17. The molecule has 0 bridgehead atoms. The van der Waals surface area contributed by atoms with Crippen molar-refractivity contribution in [3.63, 3.8) is 0 Å². The van der Waals surface area contributed by atoms with Gasteiger partial charge in [0.05, 0.1) is 7.11 Å². The third-order valence-corrected chi connectivity index (χ3v) is 1.98. The summed E-state index contributed by atoms with van der Waals surface area (Å²) >= 11 is 5.53. The first-order valence-corrected chi connectivity index (χ1v) is 5.08. The molecule has 15 heavy (non-hydrogen) atoms. The Labute approximate surface area is 93.7 Å². The lowest BCUT2D eigenvalue weighted by Gasteiger charge is -1.98. The number of hydrogen-bond donors (Lipinski definition) is 0. The van der Waals surface area contributed by atoms with E-state index in [1.807, 2.05) is 18.2 Å². The predicted octanol–water partition coefficient (Wildman–Crippen LogP) is 2.51. The minimum absolute atomic E-state index is 0.311. The van der Waals surface area contributed by atoms with Gasteiger partial charge in [0.15, 0.2) is 0 Å². The second-order valence-electron chi connectivity index (χ2n) is 2.85. The van der Waals surface area contributed by atoms with Gasteiger partial charge in [-0.1, -0.05) is 12.2 Å². The van der Waals surface area contributed by atoms with Gasteiger partial charge in [0.1, 0.15) is 5.69 Å². The maximum Gasteiger partial charge on any atom is 0.356 e. The highest BCUT2D eigenvalue weighted by Gasteiger charge is 2.05. The second kappa shape index (κ2) is 6.19. The molecule has 0 atom stereocenters. The first-order valence-electron chi connectivity index (χ1n) is 4.55. The minimum atomic E-state index is -0.428. The van der Waals surface area contributed by atoms with E-state index in [9.17, 15) is 4.79 Å². The van der Waals surface area contributed by atoms with Crippen LogP contribution in [-0.2, 0) is 4.74 Å². The van der Waals surface area contributed by atoms with Crippen LogP contribution in [-0.4, -0.2) is 23.9 Å². The van der Waals surface area contributed by atoms with Crippen molar-refractivity contribution in [2.24, 2.45) is 0 Å². The molecule has 4 heteroatoms. The third kappa shape index (κ3) is 3.72. The maximum absolute atomic E-state index is 11.2. The van der Waals surface area contributed by atoms with Crippen LogP contribution in [0.1, 0.15) is 22.5 Å². The van der Waals surface area contributed by atoms with Crippen molar-refractivity contribution in [1.29, 1.82) is 0 Å². The fraction of sp³-hybridized carbons (Fsp3) is 0.273. The molecule has 0 radical (unpaired) electrons. The molecule has 0 fully saturated rings. The molecular formula is C11H12ClNO2. The summed E-state index contributed by atoms with van der Waals surface area (Å²) in [5, 5.41) is 0. The summed E-state index contributed by atoms with van der Waals surface area (Å²) in [4.78, 5) is 15.1. The number of ether oxygens (including phenoxy) is 1. The van der Waals surface area contributed by atoms with Crippen LogP contribution in [0.25, 0.3) is 6.08 Å². The Morgan fingerprint density at radius 1 is 1.67 bits per heavy atom. The summed E-state index contributed by atoms with van der Waals surface area (Å²) in [6, 6.07) is 3.49. The number of methoxy groups -OCH3 is 1. The van der Waals surface area contributed by atoms with Gasteiger partial charge < -0.3 is 4.74 Å². The summed E-state index contributed by atoms with van der Waals surface area (Å²) in [5.74, 6) is 0.161. The molecule has 0 spiro atoms. The van der Waals surface area contributed by atoms with Crippen LogP contribution in [0.3, 0.4) is 0 Å². The maximum atomic E-state index is 11.2. The van der Waals surface area contributed by atoms with Gasteiger partial charge in [0.25, 0.3) is 0 Å². The number of pyridine rings is 1. The van der Waals surface area contributed by atoms with Gasteiger partial charge in [0, 0.05) is 12.1 Å². The molecule has 0 saturated carbocycles. The lowest BCUT2D eigenvalue weighted by Crippen LogP contribution is -2.03. The van der Waals surface area contributed by atoms with Crippen molar-refractivity contribution < 1.29 is 9.53 Å². The van der Waals surface area contributed by atoms with Gasteiger partial charge in [-0.3, -0.25) is 0 Å². The molecule has 0 saturated heterocycles. The molecule has 0 aliphatic rings. The van der Waals surface area contributed by atoms with Gasteiger partial charge in [-0.15, -0.1) is 11.6 Å². The number of esters is 1. The zero-order chi connectivity index (χ0) is 11.1. The molecule has 0 amide bonds. The summed E-state index contributed by atoms with van der Waals surface area (Å²) in [5.41, 5.74) is 1.22. The lowest BCUT2D eigenvalue weighted by molar-refractivity contribution is 0.0594. The molecule has 0 aromatic carbocycles. The van der Waals surface area contributed by atoms with Crippen LogP contribution in [0.2, 0.25) is 0 Å². The average Bonchev–Trinajstić information content (AvgIpc) is 2.29. The normalized spacial score (nSPS) is 10.5. The van der Waals surface area contributed by atoms with Gasteiger partial charge >= 0.3 is 5.97 Å². The summed E-state index contributed by atoms with van der Waals surface area (Å²) in [6.07, 6.45) is 6.23. The molecule has 0 aliphatic carbocycles. The SMILES string of the molecule is COC(=O)c1cc(C=CCCCl)ccn1. The smallest absolute Gasteiger partial charge is 0.356 e. The Morgan fingerprint density at radius 3 is 3.13 bits per heavy atom. The zero-order valence-corrected chi connectivity index (χ0v) is 9.20. The standard InChI is InChI=1S/C11H12ClNO2/c1-15-11(14)10-8-9(5-7-13-10)4-2-3-6-12/h2,4-5,7-8H,3,6H2,1H3. The van der Waals surface area contributed by atoms with Gasteiger partial charge in [-0.2, -0.15) is 0 Å². The van der Waals surface area contributed by atoms with Crippen LogP contribution < -0.4 is 0 Å². The molecule has 0 unspecified atom stereocenters. The fourth-order valence-electron chi connectivity index (χ4n) is 1.05. The van der Waals surface area contributed by atoms with Crippen LogP contribution >= 0.6 is 11.6 Å². The number of allylic oxidation sites excluding steroid dienone is 1. The van der Waals surface area contributed by atoms with E-state index >= 15 is 0 Å². The number of hydrogen-bond acceptors (Lipinski definition) is 3. The third-order valence-electron chi connectivity index (χ3n) is 1.76. The fourth-order valence-corrected chi connectivity index (χ4v) is 1.18. The molecule has 1 rings (SSSR count). The number of rotatable bonds is 4. The van der Waals surface area contributed by atoms with Crippen molar-refractivity contribution in [3.05, 3.63) is 35.7 Å². The molecule has 0 aliphatic heterocycles. The van der Waals surface area contributed by atoms with Gasteiger partial charge in [0.2, 0.25) is 0 Å². The number of carbonyl (C=O) groups excluding carboxylic acids is 1. The van der Waals surface area contributed by atoms with E-state index < -0.39 is 5.97 Å². The number of aromatic nitrogens is 1. The quantitative estimate of drug-likeness (QED) is 0.584. The molecule has 1 aromatic rings. The lowest BCUT2D eigenvalue weighted by atomic mass is 10.2. The molecule has 3 nitrogen and oxygen atoms in total. The first-order chi connectivity index (χ1) is 7.27. The van der Waals surface area contributed by atoms with Crippen molar-refractivity contribution in [2.75, 3.05) is 13.0 Å². The molecule has 1 aromatic heterocycles. The van der Waals surface area contributed by atoms with Crippen LogP contribution in [0.15, 0.2) is 24.4 Å². The Hall–Kier alpha value is -1.35. The van der Waals surface area contributed by atoms with Gasteiger partial charge in [-0.25, -0.2) is 9.78 Å². The van der Waals surface area contributed by atoms with E-state index in [-0.39, 0.29) is 0 Å². The van der Waals surface area contributed by atoms with E-state index in [4.69, 9.17) is 11.6 Å². The largest absolute Gasteiger partial charge is 0.464 e. The molecule has 1 heterocycles. The monoisotopic (exact) mass is 225 g/mol. The second-order valence-corrected chi connectivity index (χ2v) is 3.22. The van der Waals surface area contributed by atoms with E-state index in [0.29, 0.717) is 11.6 Å². The number of nitrogens with zero attached hydrogens (tertiary/aromatic N) is 1. The minimum Gasteiger partial charge on any atom is -0.464 e. The number of carbonyl (C=O) groups is 1. The van der Waals surface area contributed by atoms with Crippen LogP contribution in [0.4, 0.5) is 0 Å². The Kier molecular flexibility index (Phi) is 4.84. The van der Waals surface area contributed by atoms with Crippen molar-refractivity contribution in [3.8, 4) is 0 Å². The van der Waals surface area contributed by atoms with Crippen LogP contribution in [0.5, 0.6) is 0 Å². The van der Waals surface area contributed by atoms with E-state index in [0.717, 1.165) is 12.0 Å². The van der Waals surface area contributed by atoms with Gasteiger partial charge in [-0.05, 0) is 24.1 Å². The summed E-state index contributed by atoms with van der Waals surface area (Å²) in [7, 11) is 1.33. The van der Waals surface area contributed by atoms with Crippen LogP contribution in [0, 0.1) is 0 Å². The van der Waals surface area contributed by atoms with Crippen molar-refractivity contribution in [1.82, 2.24) is 4.98 Å². The average molecular weight is 226 g/mol. The zero-order valence-electron chi connectivity index (χ0n) is 8.44. The predicted molar refractivity (Wildman–Crippen MR) is 59.9 cm³/mol. The Balaban J connectivity index is 2.78. The first kappa shape index (κ1) is 11.7. The van der Waals surface area contributed by atoms with Crippen molar-refractivity contribution in [2.45, 2.75) is 6.42 Å². The summed E-state index contributed by atoms with van der Waals surface area (Å²) in [6.45, 7) is 0. The van der Waals surface area contributed by atoms with E-state index in [2.05, 4.69) is 9.72 Å². The van der Waals surface area contributed by atoms with E-state index in [1.165, 1.54) is 7.11 Å². The number of alkyl halides is 1. The van der Waals surface area contributed by atoms with E-state index in [1.54, 1.807) is 12.3 Å². The highest BCUT2D eigenvalue weighted by atomic mass is 35.5. The molecular weight excluding hydrogens is 214 g/mol. The topological polar surface area (TPSA) is 39.2 Å². The van der Waals surface area contributed by atoms with Crippen molar-refractivity contribution >= 4 is 23.6 Å². The summed E-state index contributed by atoms with van der Waals surface area (Å²) < 4.78 is 4.57. The highest BCUT2D eigenvalue weighted by Crippen LogP contribution is 2.06. The number of halogens is 1. The molecule has 0 N–H and O–H groups in total.